The number of carbonyl (C=O) groups excluding carboxylic acids is 2. The van der Waals surface area contributed by atoms with E-state index < -0.39 is 12.1 Å². The second kappa shape index (κ2) is 7.25. The number of nitrogens with zero attached hydrogens (tertiary/aromatic N) is 1. The highest BCUT2D eigenvalue weighted by Gasteiger charge is 2.40. The summed E-state index contributed by atoms with van der Waals surface area (Å²) >= 11 is 0. The van der Waals surface area contributed by atoms with Gasteiger partial charge in [-0.05, 0) is 54.8 Å². The van der Waals surface area contributed by atoms with Crippen molar-refractivity contribution < 1.29 is 18.7 Å². The van der Waals surface area contributed by atoms with E-state index in [2.05, 4.69) is 5.32 Å². The summed E-state index contributed by atoms with van der Waals surface area (Å²) in [6.45, 7) is 3.74. The van der Waals surface area contributed by atoms with Crippen molar-refractivity contribution in [2.24, 2.45) is 0 Å². The van der Waals surface area contributed by atoms with E-state index in [0.29, 0.717) is 11.3 Å². The summed E-state index contributed by atoms with van der Waals surface area (Å²) < 4.78 is 18.8. The molecule has 136 valence electrons. The monoisotopic (exact) mass is 356 g/mol. The second-order valence-electron chi connectivity index (χ2n) is 6.60. The number of rotatable bonds is 3. The van der Waals surface area contributed by atoms with Crippen LogP contribution in [0.2, 0.25) is 0 Å². The van der Waals surface area contributed by atoms with Crippen LogP contribution in [0, 0.1) is 19.7 Å². The Kier molecular flexibility index (Phi) is 5.04. The molecule has 1 N–H and O–H groups in total. The summed E-state index contributed by atoms with van der Waals surface area (Å²) in [4.78, 5) is 26.4. The lowest BCUT2D eigenvalue weighted by molar-refractivity contribution is -0.160. The van der Waals surface area contributed by atoms with Crippen molar-refractivity contribution in [1.29, 1.82) is 0 Å². The molecule has 0 aromatic heterocycles. The Hall–Kier alpha value is -2.73. The highest BCUT2D eigenvalue weighted by Crippen LogP contribution is 2.30. The summed E-state index contributed by atoms with van der Waals surface area (Å²) in [7, 11) is 1.62. The number of hydrogen-bond donors (Lipinski definition) is 1. The number of halogens is 1. The number of hydrogen-bond acceptors (Lipinski definition) is 3. The molecular weight excluding hydrogens is 335 g/mol. The van der Waals surface area contributed by atoms with Gasteiger partial charge in [-0.15, -0.1) is 0 Å². The molecule has 1 aliphatic heterocycles. The maximum atomic E-state index is 13.3. The third-order valence-corrected chi connectivity index (χ3v) is 4.44. The molecule has 2 aromatic carbocycles. The molecule has 0 radical (unpaired) electrons. The van der Waals surface area contributed by atoms with Crippen LogP contribution in [0.25, 0.3) is 0 Å². The van der Waals surface area contributed by atoms with Crippen LogP contribution in [0.1, 0.15) is 22.7 Å². The molecule has 1 aliphatic rings. The quantitative estimate of drug-likeness (QED) is 0.920. The van der Waals surface area contributed by atoms with Gasteiger partial charge in [0, 0.05) is 12.7 Å². The summed E-state index contributed by atoms with van der Waals surface area (Å²) in [6, 6.07) is 10.9. The molecule has 0 unspecified atom stereocenters. The first kappa shape index (κ1) is 18.1. The first-order valence-electron chi connectivity index (χ1n) is 8.37. The minimum atomic E-state index is -0.885. The van der Waals surface area contributed by atoms with E-state index in [1.165, 1.54) is 17.0 Å². The number of carbonyl (C=O) groups is 2. The molecule has 0 spiro atoms. The van der Waals surface area contributed by atoms with Crippen LogP contribution in [-0.2, 0) is 14.3 Å². The van der Waals surface area contributed by atoms with Crippen molar-refractivity contribution in [3.63, 3.8) is 0 Å². The number of morpholine rings is 1. The lowest BCUT2D eigenvalue weighted by Gasteiger charge is -2.38. The third kappa shape index (κ3) is 3.75. The predicted molar refractivity (Wildman–Crippen MR) is 96.2 cm³/mol. The Balaban J connectivity index is 1.88. The van der Waals surface area contributed by atoms with Crippen molar-refractivity contribution in [2.75, 3.05) is 19.0 Å². The molecule has 1 saturated heterocycles. The van der Waals surface area contributed by atoms with Crippen LogP contribution >= 0.6 is 0 Å². The van der Waals surface area contributed by atoms with E-state index in [1.807, 2.05) is 32.0 Å². The number of nitrogens with one attached hydrogen (secondary N) is 1. The van der Waals surface area contributed by atoms with Gasteiger partial charge in [0.25, 0.3) is 5.91 Å². The van der Waals surface area contributed by atoms with Gasteiger partial charge in [-0.2, -0.15) is 0 Å². The maximum absolute atomic E-state index is 13.3. The summed E-state index contributed by atoms with van der Waals surface area (Å²) in [5.74, 6) is -0.950. The number of anilines is 1. The van der Waals surface area contributed by atoms with Gasteiger partial charge in [0.1, 0.15) is 12.4 Å². The Bertz CT molecular complexity index is 815. The minimum Gasteiger partial charge on any atom is -0.356 e. The first-order chi connectivity index (χ1) is 12.3. The third-order valence-electron chi connectivity index (χ3n) is 4.44. The largest absolute Gasteiger partial charge is 0.356 e. The number of amides is 2. The zero-order chi connectivity index (χ0) is 18.8. The van der Waals surface area contributed by atoms with Gasteiger partial charge in [-0.25, -0.2) is 4.39 Å². The molecule has 1 fully saturated rings. The zero-order valence-corrected chi connectivity index (χ0v) is 15.0. The highest BCUT2D eigenvalue weighted by molar-refractivity contribution is 5.96. The highest BCUT2D eigenvalue weighted by atomic mass is 19.1. The number of likely N-dealkylation sites (N-methyl/N-ethyl adjacent to an activating group) is 1. The molecule has 2 atom stereocenters. The van der Waals surface area contributed by atoms with Crippen LogP contribution in [0.4, 0.5) is 10.1 Å². The number of ether oxygens (including phenoxy) is 1. The Morgan fingerprint density at radius 3 is 2.38 bits per heavy atom. The van der Waals surface area contributed by atoms with Gasteiger partial charge in [0.2, 0.25) is 5.91 Å². The molecule has 0 saturated carbocycles. The molecular formula is C20H21FN2O3. The molecule has 0 aliphatic carbocycles. The van der Waals surface area contributed by atoms with E-state index in [4.69, 9.17) is 4.74 Å². The van der Waals surface area contributed by atoms with Crippen molar-refractivity contribution in [1.82, 2.24) is 4.90 Å². The first-order valence-corrected chi connectivity index (χ1v) is 8.37. The average Bonchev–Trinajstić information content (AvgIpc) is 2.57. The van der Waals surface area contributed by atoms with Crippen molar-refractivity contribution in [3.8, 4) is 0 Å². The number of aryl methyl sites for hydroxylation is 2. The number of benzene rings is 2. The predicted octanol–water partition coefficient (Wildman–Crippen LogP) is 2.98. The Morgan fingerprint density at radius 1 is 1.15 bits per heavy atom. The van der Waals surface area contributed by atoms with Crippen molar-refractivity contribution >= 4 is 17.5 Å². The Morgan fingerprint density at radius 2 is 1.77 bits per heavy atom. The molecule has 0 bridgehead atoms. The standard InChI is InChI=1S/C20H21FN2O3/c1-12-8-13(2)10-16(9-12)22-20(25)19-18(23(3)17(24)11-26-19)14-4-6-15(21)7-5-14/h4-10,18-19H,11H2,1-3H3,(H,22,25)/t18-,19-/m0/s1. The van der Waals surface area contributed by atoms with E-state index >= 15 is 0 Å². The summed E-state index contributed by atoms with van der Waals surface area (Å²) in [5.41, 5.74) is 3.38. The van der Waals surface area contributed by atoms with Crippen LogP contribution < -0.4 is 5.32 Å². The van der Waals surface area contributed by atoms with Crippen LogP contribution in [-0.4, -0.2) is 36.5 Å². The van der Waals surface area contributed by atoms with Crippen LogP contribution in [0.3, 0.4) is 0 Å². The van der Waals surface area contributed by atoms with Gasteiger partial charge in [-0.3, -0.25) is 9.59 Å². The maximum Gasteiger partial charge on any atom is 0.256 e. The molecule has 2 amide bonds. The topological polar surface area (TPSA) is 58.6 Å². The van der Waals surface area contributed by atoms with Gasteiger partial charge in [-0.1, -0.05) is 18.2 Å². The summed E-state index contributed by atoms with van der Waals surface area (Å²) in [5, 5.41) is 2.86. The summed E-state index contributed by atoms with van der Waals surface area (Å²) in [6.07, 6.45) is -0.885. The lowest BCUT2D eigenvalue weighted by atomic mass is 9.97. The van der Waals surface area contributed by atoms with E-state index in [0.717, 1.165) is 11.1 Å². The average molecular weight is 356 g/mol. The molecule has 3 rings (SSSR count). The SMILES string of the molecule is Cc1cc(C)cc(NC(=O)[C@H]2OCC(=O)N(C)[C@H]2c2ccc(F)cc2)c1. The van der Waals surface area contributed by atoms with Gasteiger partial charge in [0.05, 0.1) is 6.04 Å². The van der Waals surface area contributed by atoms with E-state index in [-0.39, 0.29) is 24.2 Å². The van der Waals surface area contributed by atoms with E-state index in [9.17, 15) is 14.0 Å². The Labute approximate surface area is 151 Å². The van der Waals surface area contributed by atoms with Crippen molar-refractivity contribution in [2.45, 2.75) is 26.0 Å². The fourth-order valence-corrected chi connectivity index (χ4v) is 3.25. The fraction of sp³-hybridized carbons (Fsp3) is 0.300. The normalized spacial score (nSPS) is 20.2. The smallest absolute Gasteiger partial charge is 0.256 e. The zero-order valence-electron chi connectivity index (χ0n) is 15.0. The second-order valence-corrected chi connectivity index (χ2v) is 6.60. The minimum absolute atomic E-state index is 0.168. The lowest BCUT2D eigenvalue weighted by Crippen LogP contribution is -2.51. The fourth-order valence-electron chi connectivity index (χ4n) is 3.25. The van der Waals surface area contributed by atoms with Gasteiger partial charge < -0.3 is 15.0 Å². The molecule has 2 aromatic rings. The van der Waals surface area contributed by atoms with Crippen LogP contribution in [0.15, 0.2) is 42.5 Å². The molecule has 26 heavy (non-hydrogen) atoms. The van der Waals surface area contributed by atoms with Crippen molar-refractivity contribution in [3.05, 3.63) is 65.0 Å². The van der Waals surface area contributed by atoms with Gasteiger partial charge in [0.15, 0.2) is 6.10 Å². The molecule has 1 heterocycles. The van der Waals surface area contributed by atoms with E-state index in [1.54, 1.807) is 19.2 Å². The van der Waals surface area contributed by atoms with Gasteiger partial charge >= 0.3 is 0 Å². The molecule has 6 heteroatoms. The van der Waals surface area contributed by atoms with Crippen LogP contribution in [0.5, 0.6) is 0 Å². The molecule has 5 nitrogen and oxygen atoms in total.